The van der Waals surface area contributed by atoms with Crippen molar-refractivity contribution in [2.24, 2.45) is 0 Å². The minimum Gasteiger partial charge on any atom is -0.462 e. The molecule has 0 fully saturated rings. The molecule has 0 aliphatic carbocycles. The fourth-order valence-electron chi connectivity index (χ4n) is 4.93. The van der Waals surface area contributed by atoms with Crippen LogP contribution in [0.5, 0.6) is 0 Å². The lowest BCUT2D eigenvalue weighted by Gasteiger charge is -2.18. The first-order valence-corrected chi connectivity index (χ1v) is 21.4. The van der Waals surface area contributed by atoms with Crippen LogP contribution in [0.4, 0.5) is 0 Å². The SMILES string of the molecule is CCCCC/C=C/C/C=C/C/C=C/C/C=C/C/C=C/CCC(=O)O[C@H](COC(=O)CCCCCCC/C=C/C=C/CCCCCC)COP(=O)(O)O. The summed E-state index contributed by atoms with van der Waals surface area (Å²) in [5, 5.41) is 0. The lowest BCUT2D eigenvalue weighted by atomic mass is 10.1. The van der Waals surface area contributed by atoms with E-state index >= 15 is 0 Å². The van der Waals surface area contributed by atoms with E-state index in [-0.39, 0.29) is 19.4 Å². The van der Waals surface area contributed by atoms with Crippen LogP contribution in [0.1, 0.15) is 155 Å². The van der Waals surface area contributed by atoms with Gasteiger partial charge in [-0.3, -0.25) is 14.1 Å². The summed E-state index contributed by atoms with van der Waals surface area (Å²) in [5.41, 5.74) is 0. The van der Waals surface area contributed by atoms with Crippen LogP contribution in [-0.2, 0) is 28.2 Å². The van der Waals surface area contributed by atoms with Crippen LogP contribution in [0, 0.1) is 0 Å². The number of esters is 2. The second kappa shape index (κ2) is 38.0. The third-order valence-corrected chi connectivity index (χ3v) is 8.41. The Morgan fingerprint density at radius 2 is 0.962 bits per heavy atom. The monoisotopic (exact) mass is 746 g/mol. The number of carbonyl (C=O) groups is 2. The molecule has 0 spiro atoms. The van der Waals surface area contributed by atoms with Crippen molar-refractivity contribution in [3.63, 3.8) is 0 Å². The highest BCUT2D eigenvalue weighted by molar-refractivity contribution is 7.46. The van der Waals surface area contributed by atoms with Gasteiger partial charge in [0.05, 0.1) is 6.61 Å². The van der Waals surface area contributed by atoms with E-state index in [4.69, 9.17) is 19.3 Å². The van der Waals surface area contributed by atoms with E-state index < -0.39 is 32.5 Å². The standard InChI is InChI=1S/C43H71O8P/c1-3-5-7-9-11-13-15-17-19-20-21-22-24-26-28-30-32-34-36-38-43(45)51-41(40-50-52(46,47)48)39-49-42(44)37-35-33-31-29-27-25-23-18-16-14-12-10-8-6-4-2/h11,13-14,16-19,21-23,26,28,32,34,41H,3-10,12,15,20,24-25,27,29-31,33,35-40H2,1-2H3,(H2,46,47,48)/b13-11+,16-14+,19-17+,22-21+,23-18+,28-26+,34-32+/t41-/m1/s1. The van der Waals surface area contributed by atoms with Crippen molar-refractivity contribution < 1.29 is 37.9 Å². The smallest absolute Gasteiger partial charge is 0.462 e. The Bertz CT molecular complexity index is 1110. The second-order valence-corrected chi connectivity index (χ2v) is 14.2. The lowest BCUT2D eigenvalue weighted by Crippen LogP contribution is -2.29. The molecule has 52 heavy (non-hydrogen) atoms. The normalized spacial score (nSPS) is 13.4. The number of rotatable bonds is 35. The number of allylic oxidation sites excluding steroid dienone is 14. The molecule has 296 valence electrons. The van der Waals surface area contributed by atoms with Gasteiger partial charge < -0.3 is 19.3 Å². The number of phosphoric ester groups is 1. The Morgan fingerprint density at radius 1 is 0.519 bits per heavy atom. The Labute approximate surface area is 316 Å². The summed E-state index contributed by atoms with van der Waals surface area (Å²) >= 11 is 0. The van der Waals surface area contributed by atoms with Gasteiger partial charge in [-0.25, -0.2) is 4.57 Å². The lowest BCUT2D eigenvalue weighted by molar-refractivity contribution is -0.161. The Morgan fingerprint density at radius 3 is 1.52 bits per heavy atom. The van der Waals surface area contributed by atoms with E-state index in [1.54, 1.807) is 0 Å². The maximum absolute atomic E-state index is 12.4. The first kappa shape index (κ1) is 49.2. The number of phosphoric acid groups is 1. The first-order chi connectivity index (χ1) is 25.3. The van der Waals surface area contributed by atoms with Crippen molar-refractivity contribution in [2.45, 2.75) is 161 Å². The van der Waals surface area contributed by atoms with Crippen molar-refractivity contribution in [1.29, 1.82) is 0 Å². The molecule has 0 heterocycles. The molecule has 0 unspecified atom stereocenters. The van der Waals surface area contributed by atoms with Gasteiger partial charge in [-0.1, -0.05) is 150 Å². The predicted octanol–water partition coefficient (Wildman–Crippen LogP) is 12.1. The maximum atomic E-state index is 12.4. The molecule has 0 aromatic rings. The van der Waals surface area contributed by atoms with Crippen molar-refractivity contribution in [3.8, 4) is 0 Å². The number of hydrogen-bond donors (Lipinski definition) is 2. The fraction of sp³-hybridized carbons (Fsp3) is 0.628. The van der Waals surface area contributed by atoms with E-state index in [2.05, 4.69) is 91.3 Å². The van der Waals surface area contributed by atoms with E-state index in [0.717, 1.165) is 64.2 Å². The second-order valence-electron chi connectivity index (χ2n) is 12.9. The summed E-state index contributed by atoms with van der Waals surface area (Å²) in [7, 11) is -4.78. The fourth-order valence-corrected chi connectivity index (χ4v) is 5.29. The van der Waals surface area contributed by atoms with Gasteiger partial charge in [-0.15, -0.1) is 0 Å². The van der Waals surface area contributed by atoms with Crippen molar-refractivity contribution in [3.05, 3.63) is 85.1 Å². The van der Waals surface area contributed by atoms with Crippen LogP contribution in [-0.4, -0.2) is 41.0 Å². The van der Waals surface area contributed by atoms with E-state index in [0.29, 0.717) is 12.8 Å². The third-order valence-electron chi connectivity index (χ3n) is 7.93. The molecule has 0 radical (unpaired) electrons. The van der Waals surface area contributed by atoms with Gasteiger partial charge in [0, 0.05) is 12.8 Å². The Hall–Kier alpha value is -2.77. The van der Waals surface area contributed by atoms with E-state index in [1.807, 2.05) is 12.2 Å². The largest absolute Gasteiger partial charge is 0.469 e. The summed E-state index contributed by atoms with van der Waals surface area (Å²) in [6, 6.07) is 0. The molecule has 0 saturated carbocycles. The van der Waals surface area contributed by atoms with Gasteiger partial charge in [-0.2, -0.15) is 0 Å². The summed E-state index contributed by atoms with van der Waals surface area (Å²) in [4.78, 5) is 42.7. The Balaban J connectivity index is 4.14. The molecule has 0 aromatic heterocycles. The quantitative estimate of drug-likeness (QED) is 0.0216. The molecule has 0 aliphatic rings. The molecule has 0 aromatic carbocycles. The van der Waals surface area contributed by atoms with E-state index in [1.165, 1.54) is 51.4 Å². The molecule has 0 bridgehead atoms. The average molecular weight is 747 g/mol. The molecular weight excluding hydrogens is 675 g/mol. The van der Waals surface area contributed by atoms with Crippen molar-refractivity contribution in [1.82, 2.24) is 0 Å². The van der Waals surface area contributed by atoms with Gasteiger partial charge in [-0.05, 0) is 77.0 Å². The maximum Gasteiger partial charge on any atom is 0.469 e. The van der Waals surface area contributed by atoms with Crippen LogP contribution in [0.3, 0.4) is 0 Å². The van der Waals surface area contributed by atoms with Crippen LogP contribution < -0.4 is 0 Å². The zero-order valence-corrected chi connectivity index (χ0v) is 33.3. The van der Waals surface area contributed by atoms with Gasteiger partial charge in [0.15, 0.2) is 6.10 Å². The predicted molar refractivity (Wildman–Crippen MR) is 216 cm³/mol. The van der Waals surface area contributed by atoms with Gasteiger partial charge >= 0.3 is 19.8 Å². The van der Waals surface area contributed by atoms with Crippen LogP contribution in [0.15, 0.2) is 85.1 Å². The molecule has 0 saturated heterocycles. The molecule has 0 rings (SSSR count). The summed E-state index contributed by atoms with van der Waals surface area (Å²) in [6.45, 7) is 3.54. The molecular formula is C43H71O8P. The number of carbonyl (C=O) groups excluding carboxylic acids is 2. The average Bonchev–Trinajstić information content (AvgIpc) is 3.11. The highest BCUT2D eigenvalue weighted by Gasteiger charge is 2.22. The highest BCUT2D eigenvalue weighted by Crippen LogP contribution is 2.35. The van der Waals surface area contributed by atoms with E-state index in [9.17, 15) is 14.2 Å². The molecule has 1 atom stereocenters. The van der Waals surface area contributed by atoms with Crippen LogP contribution >= 0.6 is 7.82 Å². The number of unbranched alkanes of at least 4 members (excludes halogenated alkanes) is 12. The summed E-state index contributed by atoms with van der Waals surface area (Å²) in [6.07, 6.45) is 50.2. The molecule has 0 aliphatic heterocycles. The van der Waals surface area contributed by atoms with Gasteiger partial charge in [0.25, 0.3) is 0 Å². The van der Waals surface area contributed by atoms with Gasteiger partial charge in [0.1, 0.15) is 6.61 Å². The van der Waals surface area contributed by atoms with Crippen LogP contribution in [0.25, 0.3) is 0 Å². The zero-order valence-electron chi connectivity index (χ0n) is 32.4. The molecule has 9 heteroatoms. The third kappa shape index (κ3) is 40.0. The number of hydrogen-bond acceptors (Lipinski definition) is 6. The van der Waals surface area contributed by atoms with Crippen LogP contribution in [0.2, 0.25) is 0 Å². The van der Waals surface area contributed by atoms with Crippen molar-refractivity contribution in [2.75, 3.05) is 13.2 Å². The molecule has 8 nitrogen and oxygen atoms in total. The summed E-state index contributed by atoms with van der Waals surface area (Å²) in [5.74, 6) is -1.01. The topological polar surface area (TPSA) is 119 Å². The summed E-state index contributed by atoms with van der Waals surface area (Å²) < 4.78 is 26.2. The highest BCUT2D eigenvalue weighted by atomic mass is 31.2. The first-order valence-electron chi connectivity index (χ1n) is 19.9. The number of ether oxygens (including phenoxy) is 2. The Kier molecular flexibility index (Phi) is 35.9. The molecule has 0 amide bonds. The zero-order chi connectivity index (χ0) is 38.2. The van der Waals surface area contributed by atoms with Crippen molar-refractivity contribution >= 4 is 19.8 Å². The minimum absolute atomic E-state index is 0.0804. The molecule has 2 N–H and O–H groups in total. The minimum atomic E-state index is -4.78. The van der Waals surface area contributed by atoms with Gasteiger partial charge in [0.2, 0.25) is 0 Å².